The molecule has 372 valence electrons. The lowest BCUT2D eigenvalue weighted by molar-refractivity contribution is -0.161. The van der Waals surface area contributed by atoms with E-state index in [1.54, 1.807) is 0 Å². The van der Waals surface area contributed by atoms with Gasteiger partial charge in [-0.05, 0) is 57.8 Å². The summed E-state index contributed by atoms with van der Waals surface area (Å²) in [5.41, 5.74) is 5.37. The topological polar surface area (TPSA) is 134 Å². The third-order valence-corrected chi connectivity index (χ3v) is 12.2. The SMILES string of the molecule is CC/C=C\C/C=C\C/C=C\C/C=C\C/C=C\CCCCCCCCCCCC(=O)OC(COC(=O)CCCCCCCCCCCCCCCCCCCC)COP(=O)(O)OCCN. The molecule has 2 atom stereocenters. The molecule has 0 saturated carbocycles. The molecule has 0 aromatic carbocycles. The van der Waals surface area contributed by atoms with Gasteiger partial charge in [-0.25, -0.2) is 4.57 Å². The lowest BCUT2D eigenvalue weighted by Gasteiger charge is -2.19. The summed E-state index contributed by atoms with van der Waals surface area (Å²) >= 11 is 0. The van der Waals surface area contributed by atoms with Crippen molar-refractivity contribution in [1.29, 1.82) is 0 Å². The summed E-state index contributed by atoms with van der Waals surface area (Å²) in [7, 11) is -4.39. The van der Waals surface area contributed by atoms with Crippen LogP contribution < -0.4 is 5.73 Å². The first-order valence-electron chi connectivity index (χ1n) is 26.3. The summed E-state index contributed by atoms with van der Waals surface area (Å²) in [6.45, 7) is 3.65. The molecular formula is C54H98NO8P. The highest BCUT2D eigenvalue weighted by atomic mass is 31.2. The van der Waals surface area contributed by atoms with Crippen LogP contribution in [0.15, 0.2) is 60.8 Å². The number of hydrogen-bond acceptors (Lipinski definition) is 8. The average Bonchev–Trinajstić information content (AvgIpc) is 3.28. The summed E-state index contributed by atoms with van der Waals surface area (Å²) in [6, 6.07) is 0. The molecule has 0 radical (unpaired) electrons. The zero-order valence-corrected chi connectivity index (χ0v) is 42.2. The zero-order valence-electron chi connectivity index (χ0n) is 41.3. The molecule has 0 rings (SSSR count). The predicted molar refractivity (Wildman–Crippen MR) is 270 cm³/mol. The Kier molecular flexibility index (Phi) is 48.3. The monoisotopic (exact) mass is 920 g/mol. The van der Waals surface area contributed by atoms with Crippen molar-refractivity contribution in [1.82, 2.24) is 0 Å². The van der Waals surface area contributed by atoms with E-state index in [1.807, 2.05) is 0 Å². The fourth-order valence-corrected chi connectivity index (χ4v) is 8.08. The minimum Gasteiger partial charge on any atom is -0.462 e. The van der Waals surface area contributed by atoms with E-state index in [9.17, 15) is 19.0 Å². The Morgan fingerprint density at radius 3 is 1.28 bits per heavy atom. The third kappa shape index (κ3) is 49.2. The van der Waals surface area contributed by atoms with E-state index in [4.69, 9.17) is 24.3 Å². The first kappa shape index (κ1) is 61.7. The first-order valence-corrected chi connectivity index (χ1v) is 27.8. The molecule has 3 N–H and O–H groups in total. The highest BCUT2D eigenvalue weighted by Gasteiger charge is 2.26. The van der Waals surface area contributed by atoms with Crippen LogP contribution in [0.2, 0.25) is 0 Å². The van der Waals surface area contributed by atoms with Gasteiger partial charge in [-0.1, -0.05) is 229 Å². The van der Waals surface area contributed by atoms with Crippen LogP contribution in [-0.4, -0.2) is 49.3 Å². The number of esters is 2. The van der Waals surface area contributed by atoms with E-state index in [0.29, 0.717) is 6.42 Å². The molecule has 0 amide bonds. The number of allylic oxidation sites excluding steroid dienone is 10. The number of phosphoric ester groups is 1. The van der Waals surface area contributed by atoms with Gasteiger partial charge in [-0.2, -0.15) is 0 Å². The molecule has 10 heteroatoms. The standard InChI is InChI=1S/C54H98NO8P/c1-3-5-7-9-11-13-15-17-19-21-23-24-25-26-27-28-29-31-33-35-37-39-41-43-45-47-54(57)63-52(51-62-64(58,59)61-49-48-55)50-60-53(56)46-44-42-40-38-36-34-32-30-22-20-18-16-14-12-10-8-6-4-2/h5,7,11,13,17,19,23-24,26-27,52H,3-4,6,8-10,12,14-16,18,20-22,25,28-51,55H2,1-2H3,(H,58,59)/b7-5-,13-11-,19-17-,24-23-,27-26-. The Labute approximate surface area is 393 Å². The van der Waals surface area contributed by atoms with Crippen LogP contribution in [0, 0.1) is 0 Å². The molecule has 2 unspecified atom stereocenters. The van der Waals surface area contributed by atoms with Crippen LogP contribution in [-0.2, 0) is 32.7 Å². The minimum atomic E-state index is -4.39. The summed E-state index contributed by atoms with van der Waals surface area (Å²) in [5.74, 6) is -0.828. The molecule has 0 heterocycles. The second kappa shape index (κ2) is 50.1. The molecule has 0 aliphatic heterocycles. The van der Waals surface area contributed by atoms with E-state index in [2.05, 4.69) is 74.6 Å². The van der Waals surface area contributed by atoms with Gasteiger partial charge in [0.25, 0.3) is 0 Å². The number of phosphoric acid groups is 1. The van der Waals surface area contributed by atoms with Crippen LogP contribution in [0.4, 0.5) is 0 Å². The summed E-state index contributed by atoms with van der Waals surface area (Å²) < 4.78 is 33.0. The second-order valence-corrected chi connectivity index (χ2v) is 18.8. The number of unbranched alkanes of at least 4 members (excludes halogenated alkanes) is 26. The maximum atomic E-state index is 12.7. The molecule has 0 aliphatic rings. The molecule has 0 saturated heterocycles. The number of rotatable bonds is 49. The van der Waals surface area contributed by atoms with Gasteiger partial charge in [0.05, 0.1) is 13.2 Å². The largest absolute Gasteiger partial charge is 0.472 e. The summed E-state index contributed by atoms with van der Waals surface area (Å²) in [5, 5.41) is 0. The molecule has 0 aromatic heterocycles. The van der Waals surface area contributed by atoms with Crippen molar-refractivity contribution in [3.05, 3.63) is 60.8 Å². The van der Waals surface area contributed by atoms with Gasteiger partial charge in [0.2, 0.25) is 0 Å². The Balaban J connectivity index is 4.04. The van der Waals surface area contributed by atoms with E-state index >= 15 is 0 Å². The van der Waals surface area contributed by atoms with E-state index < -0.39 is 26.5 Å². The smallest absolute Gasteiger partial charge is 0.462 e. The van der Waals surface area contributed by atoms with Crippen molar-refractivity contribution in [3.63, 3.8) is 0 Å². The molecule has 9 nitrogen and oxygen atoms in total. The molecule has 0 spiro atoms. The van der Waals surface area contributed by atoms with E-state index in [0.717, 1.165) is 77.0 Å². The molecule has 0 bridgehead atoms. The minimum absolute atomic E-state index is 0.0514. The van der Waals surface area contributed by atoms with E-state index in [1.165, 1.54) is 128 Å². The molecule has 0 aliphatic carbocycles. The summed E-state index contributed by atoms with van der Waals surface area (Å²) in [6.07, 6.45) is 61.1. The van der Waals surface area contributed by atoms with Crippen molar-refractivity contribution in [3.8, 4) is 0 Å². The Bertz CT molecular complexity index is 1230. The normalized spacial score (nSPS) is 13.6. The zero-order chi connectivity index (χ0) is 46.7. The van der Waals surface area contributed by atoms with Crippen molar-refractivity contribution in [2.75, 3.05) is 26.4 Å². The Hall–Kier alpha value is -2.29. The number of hydrogen-bond donors (Lipinski definition) is 2. The van der Waals surface area contributed by atoms with Gasteiger partial charge < -0.3 is 20.1 Å². The fraction of sp³-hybridized carbons (Fsp3) is 0.778. The average molecular weight is 920 g/mol. The highest BCUT2D eigenvalue weighted by molar-refractivity contribution is 7.47. The number of carbonyl (C=O) groups excluding carboxylic acids is 2. The van der Waals surface area contributed by atoms with Crippen LogP contribution in [0.1, 0.15) is 239 Å². The van der Waals surface area contributed by atoms with Crippen molar-refractivity contribution < 1.29 is 37.6 Å². The lowest BCUT2D eigenvalue weighted by Crippen LogP contribution is -2.29. The van der Waals surface area contributed by atoms with Gasteiger partial charge in [0, 0.05) is 19.4 Å². The maximum absolute atomic E-state index is 12.7. The van der Waals surface area contributed by atoms with Crippen LogP contribution in [0.25, 0.3) is 0 Å². The number of ether oxygens (including phenoxy) is 2. The van der Waals surface area contributed by atoms with Gasteiger partial charge >= 0.3 is 19.8 Å². The highest BCUT2D eigenvalue weighted by Crippen LogP contribution is 2.43. The fourth-order valence-electron chi connectivity index (χ4n) is 7.31. The van der Waals surface area contributed by atoms with Crippen molar-refractivity contribution >= 4 is 19.8 Å². The number of carbonyl (C=O) groups is 2. The van der Waals surface area contributed by atoms with Crippen LogP contribution in [0.3, 0.4) is 0 Å². The van der Waals surface area contributed by atoms with Gasteiger partial charge in [0.15, 0.2) is 6.10 Å². The Morgan fingerprint density at radius 2 is 0.859 bits per heavy atom. The second-order valence-electron chi connectivity index (χ2n) is 17.4. The van der Waals surface area contributed by atoms with E-state index in [-0.39, 0.29) is 38.6 Å². The predicted octanol–water partition coefficient (Wildman–Crippen LogP) is 16.0. The third-order valence-electron chi connectivity index (χ3n) is 11.2. The molecule has 64 heavy (non-hydrogen) atoms. The number of nitrogens with two attached hydrogens (primary N) is 1. The maximum Gasteiger partial charge on any atom is 0.472 e. The quantitative estimate of drug-likeness (QED) is 0.0265. The van der Waals surface area contributed by atoms with Crippen molar-refractivity contribution in [2.24, 2.45) is 5.73 Å². The van der Waals surface area contributed by atoms with Crippen LogP contribution in [0.5, 0.6) is 0 Å². The molecular weight excluding hydrogens is 822 g/mol. The van der Waals surface area contributed by atoms with Crippen LogP contribution >= 0.6 is 7.82 Å². The Morgan fingerprint density at radius 1 is 0.484 bits per heavy atom. The first-order chi connectivity index (χ1) is 31.3. The lowest BCUT2D eigenvalue weighted by atomic mass is 10.0. The molecule has 0 aromatic rings. The summed E-state index contributed by atoms with van der Waals surface area (Å²) in [4.78, 5) is 35.1. The van der Waals surface area contributed by atoms with Crippen molar-refractivity contribution in [2.45, 2.75) is 245 Å². The van der Waals surface area contributed by atoms with Gasteiger partial charge in [0.1, 0.15) is 6.61 Å². The molecule has 0 fully saturated rings. The van der Waals surface area contributed by atoms with Gasteiger partial charge in [-0.15, -0.1) is 0 Å². The van der Waals surface area contributed by atoms with Gasteiger partial charge in [-0.3, -0.25) is 18.6 Å².